The van der Waals surface area contributed by atoms with Crippen molar-refractivity contribution in [3.63, 3.8) is 0 Å². The van der Waals surface area contributed by atoms with Crippen LogP contribution in [-0.4, -0.2) is 70.6 Å². The van der Waals surface area contributed by atoms with Crippen LogP contribution in [0.3, 0.4) is 0 Å². The third kappa shape index (κ3) is 4.52. The van der Waals surface area contributed by atoms with Crippen molar-refractivity contribution in [1.29, 1.82) is 0 Å². The van der Waals surface area contributed by atoms with Crippen LogP contribution in [0.15, 0.2) is 18.7 Å². The number of carbonyl (C=O) groups is 1. The summed E-state index contributed by atoms with van der Waals surface area (Å²) in [6, 6.07) is 0.223. The Morgan fingerprint density at radius 2 is 1.88 bits per heavy atom. The van der Waals surface area contributed by atoms with E-state index in [0.717, 1.165) is 79.3 Å². The van der Waals surface area contributed by atoms with Crippen molar-refractivity contribution in [3.8, 4) is 11.4 Å². The smallest absolute Gasteiger partial charge is 0.225 e. The van der Waals surface area contributed by atoms with E-state index in [-0.39, 0.29) is 24.0 Å². The fourth-order valence-corrected chi connectivity index (χ4v) is 5.09. The van der Waals surface area contributed by atoms with Crippen LogP contribution in [0.2, 0.25) is 0 Å². The quantitative estimate of drug-likeness (QED) is 0.567. The third-order valence-corrected chi connectivity index (χ3v) is 7.07. The highest BCUT2D eigenvalue weighted by molar-refractivity contribution is 5.79. The number of aliphatic hydroxyl groups is 1. The van der Waals surface area contributed by atoms with E-state index in [1.54, 1.807) is 18.7 Å². The molecular formula is C24H32N8O2. The maximum Gasteiger partial charge on any atom is 0.225 e. The lowest BCUT2D eigenvalue weighted by Crippen LogP contribution is -2.39. The van der Waals surface area contributed by atoms with Crippen LogP contribution in [0.1, 0.15) is 50.5 Å². The topological polar surface area (TPSA) is 122 Å². The number of aromatic nitrogens is 6. The number of likely N-dealkylation sites (tertiary alicyclic amines) is 1. The lowest BCUT2D eigenvalue weighted by atomic mass is 9.86. The van der Waals surface area contributed by atoms with E-state index < -0.39 is 0 Å². The van der Waals surface area contributed by atoms with Gasteiger partial charge in [0.2, 0.25) is 5.91 Å². The van der Waals surface area contributed by atoms with Crippen LogP contribution < -0.4 is 5.32 Å². The third-order valence-electron chi connectivity index (χ3n) is 7.07. The Balaban J connectivity index is 1.27. The normalized spacial score (nSPS) is 23.0. The highest BCUT2D eigenvalue weighted by Gasteiger charge is 2.33. The molecular weight excluding hydrogens is 432 g/mol. The number of rotatable bonds is 6. The van der Waals surface area contributed by atoms with Crippen LogP contribution in [0.4, 0.5) is 0 Å². The average molecular weight is 465 g/mol. The van der Waals surface area contributed by atoms with Gasteiger partial charge in [0, 0.05) is 50.5 Å². The van der Waals surface area contributed by atoms with Crippen LogP contribution in [0.5, 0.6) is 0 Å². The lowest BCUT2D eigenvalue weighted by Gasteiger charge is -2.28. The van der Waals surface area contributed by atoms with Crippen molar-refractivity contribution >= 4 is 17.1 Å². The maximum absolute atomic E-state index is 12.9. The van der Waals surface area contributed by atoms with Gasteiger partial charge >= 0.3 is 0 Å². The zero-order chi connectivity index (χ0) is 23.7. The Bertz CT molecular complexity index is 1150. The predicted molar refractivity (Wildman–Crippen MR) is 127 cm³/mol. The number of nitrogens with zero attached hydrogens (tertiary/aromatic N) is 7. The van der Waals surface area contributed by atoms with Gasteiger partial charge in [-0.1, -0.05) is 0 Å². The molecule has 1 saturated heterocycles. The van der Waals surface area contributed by atoms with Crippen molar-refractivity contribution in [2.24, 2.45) is 5.92 Å². The molecule has 2 N–H and O–H groups in total. The molecule has 1 atom stereocenters. The minimum Gasteiger partial charge on any atom is -0.393 e. The van der Waals surface area contributed by atoms with Gasteiger partial charge in [0.15, 0.2) is 5.65 Å². The van der Waals surface area contributed by atoms with Crippen LogP contribution >= 0.6 is 0 Å². The zero-order valence-corrected chi connectivity index (χ0v) is 19.8. The van der Waals surface area contributed by atoms with Crippen LogP contribution in [0, 0.1) is 12.8 Å². The maximum atomic E-state index is 12.9. The lowest BCUT2D eigenvalue weighted by molar-refractivity contribution is -0.136. The molecule has 1 aliphatic heterocycles. The highest BCUT2D eigenvalue weighted by Crippen LogP contribution is 2.28. The van der Waals surface area contributed by atoms with Gasteiger partial charge < -0.3 is 19.9 Å². The van der Waals surface area contributed by atoms with Gasteiger partial charge in [0.1, 0.15) is 23.5 Å². The van der Waals surface area contributed by atoms with E-state index >= 15 is 0 Å². The van der Waals surface area contributed by atoms with Crippen molar-refractivity contribution in [2.75, 3.05) is 13.1 Å². The number of hydrogen-bond acceptors (Lipinski definition) is 8. The summed E-state index contributed by atoms with van der Waals surface area (Å²) in [6.45, 7) is 6.70. The number of carbonyl (C=O) groups excluding carboxylic acids is 1. The molecule has 0 bridgehead atoms. The van der Waals surface area contributed by atoms with Gasteiger partial charge in [-0.05, 0) is 46.0 Å². The van der Waals surface area contributed by atoms with Crippen molar-refractivity contribution in [3.05, 3.63) is 30.2 Å². The number of hydrogen-bond donors (Lipinski definition) is 2. The highest BCUT2D eigenvalue weighted by atomic mass is 16.3. The molecule has 34 heavy (non-hydrogen) atoms. The zero-order valence-electron chi connectivity index (χ0n) is 19.8. The van der Waals surface area contributed by atoms with Crippen LogP contribution in [0.25, 0.3) is 22.6 Å². The van der Waals surface area contributed by atoms with E-state index in [9.17, 15) is 9.90 Å². The standard InChI is InChI=1S/C24H32N8O2/c1-3-32-22(17-10-25-15(2)26-11-17)30-21-20(28-14-29-23(21)32)12-27-18-8-9-31(13-18)24(34)16-4-6-19(33)7-5-16/h10-11,14,16,18-19,27,33H,3-9,12-13H2,1-2H3/t16?,18-,19?/m0/s1. The number of nitrogens with one attached hydrogen (secondary N) is 1. The summed E-state index contributed by atoms with van der Waals surface area (Å²) >= 11 is 0. The molecule has 10 heteroatoms. The number of aliphatic hydroxyl groups excluding tert-OH is 1. The minimum atomic E-state index is -0.239. The van der Waals surface area contributed by atoms with Crippen molar-refractivity contribution in [2.45, 2.75) is 71.2 Å². The summed E-state index contributed by atoms with van der Waals surface area (Å²) < 4.78 is 2.06. The van der Waals surface area contributed by atoms with E-state index in [4.69, 9.17) is 4.98 Å². The number of fused-ring (bicyclic) bond motifs is 1. The number of aryl methyl sites for hydroxylation is 2. The van der Waals surface area contributed by atoms with Crippen molar-refractivity contribution in [1.82, 2.24) is 39.7 Å². The van der Waals surface area contributed by atoms with Crippen molar-refractivity contribution < 1.29 is 9.90 Å². The summed E-state index contributed by atoms with van der Waals surface area (Å²) in [4.78, 5) is 37.4. The molecule has 2 fully saturated rings. The molecule has 0 aromatic carbocycles. The Morgan fingerprint density at radius 3 is 2.62 bits per heavy atom. The average Bonchev–Trinajstić information content (AvgIpc) is 3.48. The molecule has 4 heterocycles. The van der Waals surface area contributed by atoms with Gasteiger partial charge in [-0.2, -0.15) is 0 Å². The Kier molecular flexibility index (Phi) is 6.51. The molecule has 5 rings (SSSR count). The number of imidazole rings is 1. The van der Waals surface area contributed by atoms with E-state index in [0.29, 0.717) is 13.1 Å². The molecule has 1 saturated carbocycles. The van der Waals surface area contributed by atoms with E-state index in [2.05, 4.69) is 36.7 Å². The predicted octanol–water partition coefficient (Wildman–Crippen LogP) is 1.85. The SMILES string of the molecule is CCn1c(-c2cnc(C)nc2)nc2c(CN[C@H]3CCN(C(=O)C4CCC(O)CC4)C3)ncnc21. The number of amides is 1. The Morgan fingerprint density at radius 1 is 1.12 bits per heavy atom. The van der Waals surface area contributed by atoms with Crippen LogP contribution in [-0.2, 0) is 17.9 Å². The molecule has 2 aliphatic rings. The van der Waals surface area contributed by atoms with Gasteiger partial charge in [-0.15, -0.1) is 0 Å². The first-order chi connectivity index (χ1) is 16.5. The minimum absolute atomic E-state index is 0.0609. The molecule has 1 amide bonds. The summed E-state index contributed by atoms with van der Waals surface area (Å²) in [5.74, 6) is 1.81. The molecule has 3 aromatic rings. The first-order valence-electron chi connectivity index (χ1n) is 12.2. The first-order valence-corrected chi connectivity index (χ1v) is 12.2. The Labute approximate surface area is 198 Å². The largest absolute Gasteiger partial charge is 0.393 e. The molecule has 180 valence electrons. The molecule has 0 spiro atoms. The second-order valence-electron chi connectivity index (χ2n) is 9.35. The second kappa shape index (κ2) is 9.71. The summed E-state index contributed by atoms with van der Waals surface area (Å²) in [7, 11) is 0. The van der Waals surface area contributed by atoms with E-state index in [1.165, 1.54) is 0 Å². The molecule has 1 aliphatic carbocycles. The van der Waals surface area contributed by atoms with Gasteiger partial charge in [-0.25, -0.2) is 24.9 Å². The van der Waals surface area contributed by atoms with Gasteiger partial charge in [-0.3, -0.25) is 4.79 Å². The summed E-state index contributed by atoms with van der Waals surface area (Å²) in [6.07, 6.45) is 8.90. The fourth-order valence-electron chi connectivity index (χ4n) is 5.09. The molecule has 3 aromatic heterocycles. The summed E-state index contributed by atoms with van der Waals surface area (Å²) in [5.41, 5.74) is 3.27. The summed E-state index contributed by atoms with van der Waals surface area (Å²) in [5, 5.41) is 13.3. The molecule has 10 nitrogen and oxygen atoms in total. The Hall–Kier alpha value is -2.98. The van der Waals surface area contributed by atoms with Gasteiger partial charge in [0.25, 0.3) is 0 Å². The molecule has 0 radical (unpaired) electrons. The van der Waals surface area contributed by atoms with Gasteiger partial charge in [0.05, 0.1) is 17.4 Å². The first kappa shape index (κ1) is 22.8. The monoisotopic (exact) mass is 464 g/mol. The molecule has 0 unspecified atom stereocenters. The second-order valence-corrected chi connectivity index (χ2v) is 9.35. The van der Waals surface area contributed by atoms with E-state index in [1.807, 2.05) is 11.8 Å². The fraction of sp³-hybridized carbons (Fsp3) is 0.583.